The Balaban J connectivity index is 1.42. The van der Waals surface area contributed by atoms with Gasteiger partial charge in [-0.05, 0) is 54.3 Å². The number of pyridine rings is 3. The first-order valence-corrected chi connectivity index (χ1v) is 12.4. The molecular weight excluding hydrogens is 477 g/mol. The number of aryl methyl sites for hydroxylation is 1. The lowest BCUT2D eigenvalue weighted by atomic mass is 10.0. The second-order valence-electron chi connectivity index (χ2n) is 9.80. The number of hydrogen-bond donors (Lipinski definition) is 3. The van der Waals surface area contributed by atoms with E-state index < -0.39 is 0 Å². The van der Waals surface area contributed by atoms with Crippen LogP contribution in [-0.2, 0) is 0 Å². The molecule has 38 heavy (non-hydrogen) atoms. The summed E-state index contributed by atoms with van der Waals surface area (Å²) in [6.07, 6.45) is 8.87. The summed E-state index contributed by atoms with van der Waals surface area (Å²) in [5, 5.41) is 12.9. The van der Waals surface area contributed by atoms with Gasteiger partial charge in [-0.25, -0.2) is 4.39 Å². The van der Waals surface area contributed by atoms with Gasteiger partial charge in [0.2, 0.25) is 0 Å². The van der Waals surface area contributed by atoms with Gasteiger partial charge in [0.25, 0.3) is 0 Å². The number of benzene rings is 1. The SMILES string of the molecule is C=C(Nc1cncc(-c2cc3c(-c4cc5c(-c6cc(C)cc(F)c6)cncc5[nH]4)n[nH]c3cn2)c1)C(C)C. The molecule has 0 amide bonds. The van der Waals surface area contributed by atoms with Crippen molar-refractivity contribution in [1.29, 1.82) is 0 Å². The van der Waals surface area contributed by atoms with Gasteiger partial charge in [-0.1, -0.05) is 26.5 Å². The molecule has 0 bridgehead atoms. The fourth-order valence-corrected chi connectivity index (χ4v) is 4.56. The molecule has 0 aliphatic carbocycles. The fourth-order valence-electron chi connectivity index (χ4n) is 4.56. The summed E-state index contributed by atoms with van der Waals surface area (Å²) < 4.78 is 14.2. The van der Waals surface area contributed by atoms with E-state index in [0.717, 1.165) is 72.5 Å². The molecule has 0 radical (unpaired) electrons. The van der Waals surface area contributed by atoms with Crippen molar-refractivity contribution in [2.75, 3.05) is 5.32 Å². The van der Waals surface area contributed by atoms with Crippen molar-refractivity contribution in [3.8, 4) is 33.8 Å². The van der Waals surface area contributed by atoms with Crippen LogP contribution >= 0.6 is 0 Å². The molecule has 5 heterocycles. The van der Waals surface area contributed by atoms with Crippen LogP contribution in [0.15, 0.2) is 79.7 Å². The van der Waals surface area contributed by atoms with Crippen LogP contribution in [0.4, 0.5) is 10.1 Å². The number of anilines is 1. The number of nitrogens with zero attached hydrogens (tertiary/aromatic N) is 4. The third-order valence-corrected chi connectivity index (χ3v) is 6.64. The first-order valence-electron chi connectivity index (χ1n) is 12.4. The van der Waals surface area contributed by atoms with Crippen molar-refractivity contribution in [1.82, 2.24) is 30.1 Å². The molecule has 0 spiro atoms. The average Bonchev–Trinajstić information content (AvgIpc) is 3.51. The Labute approximate surface area is 218 Å². The van der Waals surface area contributed by atoms with E-state index >= 15 is 0 Å². The van der Waals surface area contributed by atoms with Gasteiger partial charge in [-0.15, -0.1) is 0 Å². The van der Waals surface area contributed by atoms with Crippen LogP contribution in [0.5, 0.6) is 0 Å². The molecule has 7 nitrogen and oxygen atoms in total. The van der Waals surface area contributed by atoms with Gasteiger partial charge >= 0.3 is 0 Å². The van der Waals surface area contributed by atoms with Crippen molar-refractivity contribution >= 4 is 27.5 Å². The maximum absolute atomic E-state index is 14.2. The highest BCUT2D eigenvalue weighted by Gasteiger charge is 2.16. The minimum atomic E-state index is -0.270. The third-order valence-electron chi connectivity index (χ3n) is 6.64. The Kier molecular flexibility index (Phi) is 5.72. The molecule has 6 aromatic rings. The van der Waals surface area contributed by atoms with E-state index in [1.165, 1.54) is 12.1 Å². The highest BCUT2D eigenvalue weighted by molar-refractivity contribution is 6.01. The molecule has 3 N–H and O–H groups in total. The fraction of sp³-hybridized carbons (Fsp3) is 0.133. The lowest BCUT2D eigenvalue weighted by molar-refractivity contribution is 0.627. The normalized spacial score (nSPS) is 11.5. The zero-order valence-electron chi connectivity index (χ0n) is 21.3. The van der Waals surface area contributed by atoms with E-state index in [9.17, 15) is 4.39 Å². The topological polar surface area (TPSA) is 95.2 Å². The van der Waals surface area contributed by atoms with Gasteiger partial charge in [0, 0.05) is 40.0 Å². The lowest BCUT2D eigenvalue weighted by Gasteiger charge is -2.13. The standard InChI is InChI=1S/C30H26FN7/c1-16(2)18(4)35-22-8-20(11-32-12-22)26-10-24-29(15-34-26)37-38-30(24)27-9-23-25(13-33-14-28(23)36-27)19-5-17(3)6-21(31)7-19/h5-16,35-36H,4H2,1-3H3,(H,37,38). The largest absolute Gasteiger partial charge is 0.358 e. The Morgan fingerprint density at radius 2 is 1.74 bits per heavy atom. The Morgan fingerprint density at radius 3 is 2.55 bits per heavy atom. The van der Waals surface area contributed by atoms with Crippen molar-refractivity contribution in [3.63, 3.8) is 0 Å². The van der Waals surface area contributed by atoms with Gasteiger partial charge in [0.05, 0.1) is 46.7 Å². The number of allylic oxidation sites excluding steroid dienone is 1. The van der Waals surface area contributed by atoms with E-state index in [1.807, 2.05) is 31.2 Å². The second-order valence-corrected chi connectivity index (χ2v) is 9.80. The summed E-state index contributed by atoms with van der Waals surface area (Å²) in [6.45, 7) is 10.1. The smallest absolute Gasteiger partial charge is 0.124 e. The number of hydrogen-bond acceptors (Lipinski definition) is 5. The molecule has 0 unspecified atom stereocenters. The number of nitrogens with one attached hydrogen (secondary N) is 3. The van der Waals surface area contributed by atoms with E-state index in [-0.39, 0.29) is 5.82 Å². The number of aromatic amines is 2. The van der Waals surface area contributed by atoms with Gasteiger partial charge in [-0.2, -0.15) is 5.10 Å². The Bertz CT molecular complexity index is 1810. The predicted molar refractivity (Wildman–Crippen MR) is 150 cm³/mol. The number of rotatable bonds is 6. The first-order chi connectivity index (χ1) is 18.4. The molecule has 8 heteroatoms. The van der Waals surface area contributed by atoms with Gasteiger partial charge in [-0.3, -0.25) is 20.1 Å². The van der Waals surface area contributed by atoms with Crippen molar-refractivity contribution < 1.29 is 4.39 Å². The average molecular weight is 504 g/mol. The minimum Gasteiger partial charge on any atom is -0.358 e. The van der Waals surface area contributed by atoms with Crippen LogP contribution in [0.3, 0.4) is 0 Å². The molecule has 0 atom stereocenters. The number of aromatic nitrogens is 6. The summed E-state index contributed by atoms with van der Waals surface area (Å²) in [4.78, 5) is 16.9. The highest BCUT2D eigenvalue weighted by atomic mass is 19.1. The summed E-state index contributed by atoms with van der Waals surface area (Å²) >= 11 is 0. The van der Waals surface area contributed by atoms with Gasteiger partial charge < -0.3 is 10.3 Å². The summed E-state index contributed by atoms with van der Waals surface area (Å²) in [7, 11) is 0. The Hall–Kier alpha value is -4.85. The molecule has 188 valence electrons. The van der Waals surface area contributed by atoms with Crippen LogP contribution in [0, 0.1) is 18.7 Å². The molecule has 5 aromatic heterocycles. The maximum Gasteiger partial charge on any atom is 0.124 e. The lowest BCUT2D eigenvalue weighted by Crippen LogP contribution is -2.04. The van der Waals surface area contributed by atoms with E-state index in [0.29, 0.717) is 5.92 Å². The van der Waals surface area contributed by atoms with Crippen LogP contribution in [0.1, 0.15) is 19.4 Å². The Morgan fingerprint density at radius 1 is 0.895 bits per heavy atom. The van der Waals surface area contributed by atoms with Crippen molar-refractivity contribution in [2.45, 2.75) is 20.8 Å². The van der Waals surface area contributed by atoms with Crippen LogP contribution < -0.4 is 5.32 Å². The minimum absolute atomic E-state index is 0.270. The molecular formula is C30H26FN7. The van der Waals surface area contributed by atoms with Gasteiger partial charge in [0.1, 0.15) is 11.5 Å². The highest BCUT2D eigenvalue weighted by Crippen LogP contribution is 2.35. The summed E-state index contributed by atoms with van der Waals surface area (Å²) in [5.41, 5.74) is 9.18. The van der Waals surface area contributed by atoms with Crippen LogP contribution in [-0.4, -0.2) is 30.1 Å². The van der Waals surface area contributed by atoms with Crippen LogP contribution in [0.2, 0.25) is 0 Å². The number of halogens is 1. The zero-order chi connectivity index (χ0) is 26.4. The first kappa shape index (κ1) is 23.5. The molecule has 0 aliphatic heterocycles. The molecule has 0 saturated carbocycles. The summed E-state index contributed by atoms with van der Waals surface area (Å²) in [6, 6.07) is 11.1. The molecule has 0 aliphatic rings. The van der Waals surface area contributed by atoms with Gasteiger partial charge in [0.15, 0.2) is 0 Å². The van der Waals surface area contributed by atoms with Crippen LogP contribution in [0.25, 0.3) is 55.6 Å². The third kappa shape index (κ3) is 4.30. The van der Waals surface area contributed by atoms with Crippen molar-refractivity contribution in [3.05, 3.63) is 91.0 Å². The molecule has 1 aromatic carbocycles. The van der Waals surface area contributed by atoms with E-state index in [2.05, 4.69) is 55.9 Å². The number of fused-ring (bicyclic) bond motifs is 2. The van der Waals surface area contributed by atoms with E-state index in [1.54, 1.807) is 31.0 Å². The van der Waals surface area contributed by atoms with Crippen molar-refractivity contribution in [2.24, 2.45) is 5.92 Å². The quantitative estimate of drug-likeness (QED) is 0.222. The molecule has 0 fully saturated rings. The monoisotopic (exact) mass is 503 g/mol. The van der Waals surface area contributed by atoms with E-state index in [4.69, 9.17) is 0 Å². The maximum atomic E-state index is 14.2. The number of H-pyrrole nitrogens is 2. The molecule has 6 rings (SSSR count). The zero-order valence-corrected chi connectivity index (χ0v) is 21.3. The predicted octanol–water partition coefficient (Wildman–Crippen LogP) is 7.26. The second kappa shape index (κ2) is 9.23. The molecule has 0 saturated heterocycles. The summed E-state index contributed by atoms with van der Waals surface area (Å²) in [5.74, 6) is 0.0342.